The first kappa shape index (κ1) is 16.4. The van der Waals surface area contributed by atoms with Crippen LogP contribution in [0.4, 0.5) is 11.4 Å². The van der Waals surface area contributed by atoms with Crippen molar-refractivity contribution in [1.29, 1.82) is 5.26 Å². The zero-order valence-electron chi connectivity index (χ0n) is 12.1. The minimum absolute atomic E-state index is 0.128. The molecule has 0 saturated heterocycles. The number of nitriles is 1. The lowest BCUT2D eigenvalue weighted by Crippen LogP contribution is -2.32. The highest BCUT2D eigenvalue weighted by molar-refractivity contribution is 6.00. The van der Waals surface area contributed by atoms with E-state index in [4.69, 9.17) is 5.26 Å². The van der Waals surface area contributed by atoms with Gasteiger partial charge in [0, 0.05) is 37.5 Å². The molecule has 7 heteroatoms. The fourth-order valence-corrected chi connectivity index (χ4v) is 1.93. The normalized spacial score (nSPS) is 9.76. The monoisotopic (exact) mass is 290 g/mol. The number of carbonyl (C=O) groups excluding carboxylic acids is 1. The zero-order chi connectivity index (χ0) is 15.8. The lowest BCUT2D eigenvalue weighted by molar-refractivity contribution is -0.384. The summed E-state index contributed by atoms with van der Waals surface area (Å²) in [6, 6.07) is 6.16. The van der Waals surface area contributed by atoms with Gasteiger partial charge in [0.05, 0.1) is 23.0 Å². The van der Waals surface area contributed by atoms with Crippen molar-refractivity contribution in [1.82, 2.24) is 4.90 Å². The summed E-state index contributed by atoms with van der Waals surface area (Å²) in [5.41, 5.74) is 0.686. The van der Waals surface area contributed by atoms with E-state index in [1.54, 1.807) is 6.92 Å². The molecule has 21 heavy (non-hydrogen) atoms. The first-order valence-electron chi connectivity index (χ1n) is 6.73. The molecule has 1 N–H and O–H groups in total. The van der Waals surface area contributed by atoms with E-state index in [-0.39, 0.29) is 23.6 Å². The summed E-state index contributed by atoms with van der Waals surface area (Å²) in [7, 11) is 0. The quantitative estimate of drug-likeness (QED) is 0.614. The highest BCUT2D eigenvalue weighted by atomic mass is 16.6. The summed E-state index contributed by atoms with van der Waals surface area (Å²) >= 11 is 0. The van der Waals surface area contributed by atoms with Crippen molar-refractivity contribution >= 4 is 17.3 Å². The van der Waals surface area contributed by atoms with Crippen molar-refractivity contribution in [2.45, 2.75) is 20.3 Å². The number of nitrogens with zero attached hydrogens (tertiary/aromatic N) is 3. The van der Waals surface area contributed by atoms with E-state index >= 15 is 0 Å². The zero-order valence-corrected chi connectivity index (χ0v) is 12.1. The van der Waals surface area contributed by atoms with Gasteiger partial charge in [-0.1, -0.05) is 0 Å². The number of nitrogens with one attached hydrogen (secondary N) is 1. The molecule has 0 radical (unpaired) electrons. The van der Waals surface area contributed by atoms with Crippen LogP contribution in [0.25, 0.3) is 0 Å². The van der Waals surface area contributed by atoms with Crippen LogP contribution in [0, 0.1) is 21.4 Å². The molecule has 0 atom stereocenters. The molecule has 0 aliphatic rings. The molecule has 0 aliphatic carbocycles. The number of rotatable bonds is 7. The Bertz CT molecular complexity index is 566. The van der Waals surface area contributed by atoms with E-state index in [1.807, 2.05) is 13.0 Å². The highest BCUT2D eigenvalue weighted by Crippen LogP contribution is 2.23. The molecule has 1 aromatic carbocycles. The van der Waals surface area contributed by atoms with Crippen molar-refractivity contribution in [3.63, 3.8) is 0 Å². The van der Waals surface area contributed by atoms with Crippen LogP contribution in [0.3, 0.4) is 0 Å². The maximum Gasteiger partial charge on any atom is 0.270 e. The summed E-state index contributed by atoms with van der Waals surface area (Å²) in [6.45, 7) is 5.03. The predicted molar refractivity (Wildman–Crippen MR) is 79.1 cm³/mol. The van der Waals surface area contributed by atoms with Crippen LogP contribution in [-0.4, -0.2) is 35.4 Å². The van der Waals surface area contributed by atoms with E-state index in [0.717, 1.165) is 0 Å². The summed E-state index contributed by atoms with van der Waals surface area (Å²) in [6.07, 6.45) is 0.227. The SMILES string of the molecule is CCNc1ccc([N+](=O)[O-])cc1C(=O)N(CC)CCC#N. The molecule has 1 rings (SSSR count). The Hall–Kier alpha value is -2.62. The lowest BCUT2D eigenvalue weighted by atomic mass is 10.1. The van der Waals surface area contributed by atoms with E-state index in [1.165, 1.54) is 23.1 Å². The van der Waals surface area contributed by atoms with Gasteiger partial charge in [0.25, 0.3) is 11.6 Å². The van der Waals surface area contributed by atoms with Crippen LogP contribution >= 0.6 is 0 Å². The van der Waals surface area contributed by atoms with Crippen molar-refractivity contribution < 1.29 is 9.72 Å². The van der Waals surface area contributed by atoms with Gasteiger partial charge < -0.3 is 10.2 Å². The smallest absolute Gasteiger partial charge is 0.270 e. The van der Waals surface area contributed by atoms with E-state index in [9.17, 15) is 14.9 Å². The van der Waals surface area contributed by atoms with Crippen LogP contribution in [0.15, 0.2) is 18.2 Å². The van der Waals surface area contributed by atoms with Crippen LogP contribution < -0.4 is 5.32 Å². The number of nitro groups is 1. The van der Waals surface area contributed by atoms with Gasteiger partial charge in [0.1, 0.15) is 0 Å². The molecule has 0 aromatic heterocycles. The maximum absolute atomic E-state index is 12.5. The minimum atomic E-state index is -0.530. The first-order chi connectivity index (χ1) is 10.0. The predicted octanol–water partition coefficient (Wildman–Crippen LogP) is 2.40. The van der Waals surface area contributed by atoms with Gasteiger partial charge in [0.2, 0.25) is 0 Å². The molecular formula is C14H18N4O3. The Morgan fingerprint density at radius 2 is 2.19 bits per heavy atom. The second-order valence-electron chi connectivity index (χ2n) is 4.31. The largest absolute Gasteiger partial charge is 0.385 e. The number of amides is 1. The second kappa shape index (κ2) is 7.85. The fraction of sp³-hybridized carbons (Fsp3) is 0.429. The molecule has 0 fully saturated rings. The average Bonchev–Trinajstić information content (AvgIpc) is 2.48. The maximum atomic E-state index is 12.5. The standard InChI is InChI=1S/C14H18N4O3/c1-3-16-13-7-6-11(18(20)21)10-12(13)14(19)17(4-2)9-5-8-15/h6-7,10,16H,3-5,9H2,1-2H3. The van der Waals surface area contributed by atoms with Gasteiger partial charge in [0.15, 0.2) is 0 Å². The molecule has 0 spiro atoms. The molecule has 1 aromatic rings. The Kier molecular flexibility index (Phi) is 6.14. The van der Waals surface area contributed by atoms with Gasteiger partial charge in [-0.05, 0) is 19.9 Å². The molecule has 0 aliphatic heterocycles. The Morgan fingerprint density at radius 3 is 2.71 bits per heavy atom. The summed E-state index contributed by atoms with van der Waals surface area (Å²) in [5, 5.41) is 22.5. The van der Waals surface area contributed by atoms with Crippen molar-refractivity contribution in [3.8, 4) is 6.07 Å². The van der Waals surface area contributed by atoms with E-state index in [2.05, 4.69) is 5.32 Å². The molecule has 1 amide bonds. The van der Waals surface area contributed by atoms with Gasteiger partial charge in [-0.3, -0.25) is 14.9 Å². The number of nitro benzene ring substituents is 1. The Labute approximate surface area is 123 Å². The molecule has 112 valence electrons. The number of anilines is 1. The van der Waals surface area contributed by atoms with Crippen LogP contribution in [0.5, 0.6) is 0 Å². The topological polar surface area (TPSA) is 99.3 Å². The highest BCUT2D eigenvalue weighted by Gasteiger charge is 2.20. The lowest BCUT2D eigenvalue weighted by Gasteiger charge is -2.21. The Balaban J connectivity index is 3.17. The van der Waals surface area contributed by atoms with Crippen LogP contribution in [0.1, 0.15) is 30.6 Å². The molecule has 0 unspecified atom stereocenters. The summed E-state index contributed by atoms with van der Waals surface area (Å²) < 4.78 is 0. The Morgan fingerprint density at radius 1 is 1.48 bits per heavy atom. The summed E-state index contributed by atoms with van der Waals surface area (Å²) in [5.74, 6) is -0.313. The number of hydrogen-bond donors (Lipinski definition) is 1. The number of benzene rings is 1. The van der Waals surface area contributed by atoms with Crippen molar-refractivity contribution in [2.24, 2.45) is 0 Å². The minimum Gasteiger partial charge on any atom is -0.385 e. The van der Waals surface area contributed by atoms with Crippen LogP contribution in [0.2, 0.25) is 0 Å². The fourth-order valence-electron chi connectivity index (χ4n) is 1.93. The first-order valence-corrected chi connectivity index (χ1v) is 6.73. The van der Waals surface area contributed by atoms with E-state index < -0.39 is 4.92 Å². The number of carbonyl (C=O) groups is 1. The molecule has 7 nitrogen and oxygen atoms in total. The van der Waals surface area contributed by atoms with Gasteiger partial charge >= 0.3 is 0 Å². The molecule has 0 saturated carbocycles. The third-order valence-electron chi connectivity index (χ3n) is 2.97. The van der Waals surface area contributed by atoms with E-state index in [0.29, 0.717) is 25.3 Å². The number of hydrogen-bond acceptors (Lipinski definition) is 5. The average molecular weight is 290 g/mol. The molecular weight excluding hydrogens is 272 g/mol. The van der Waals surface area contributed by atoms with Crippen molar-refractivity contribution in [3.05, 3.63) is 33.9 Å². The van der Waals surface area contributed by atoms with Crippen LogP contribution in [-0.2, 0) is 0 Å². The van der Waals surface area contributed by atoms with Crippen molar-refractivity contribution in [2.75, 3.05) is 25.0 Å². The van der Waals surface area contributed by atoms with Gasteiger partial charge in [-0.15, -0.1) is 0 Å². The third-order valence-corrected chi connectivity index (χ3v) is 2.97. The second-order valence-corrected chi connectivity index (χ2v) is 4.31. The number of non-ortho nitro benzene ring substituents is 1. The summed E-state index contributed by atoms with van der Waals surface area (Å²) in [4.78, 5) is 24.4. The molecule has 0 heterocycles. The van der Waals surface area contributed by atoms with Gasteiger partial charge in [-0.25, -0.2) is 0 Å². The molecule has 0 bridgehead atoms. The third kappa shape index (κ3) is 4.18. The van der Waals surface area contributed by atoms with Gasteiger partial charge in [-0.2, -0.15) is 5.26 Å².